The Morgan fingerprint density at radius 2 is 2.50 bits per heavy atom. The highest BCUT2D eigenvalue weighted by atomic mass is 15.1. The van der Waals surface area contributed by atoms with E-state index < -0.39 is 0 Å². The molecule has 1 aromatic rings. The third-order valence-electron chi connectivity index (χ3n) is 3.24. The molecule has 0 spiro atoms. The number of aromatic nitrogens is 2. The number of aromatic amines is 1. The molecule has 1 aromatic heterocycles. The van der Waals surface area contributed by atoms with Crippen molar-refractivity contribution < 1.29 is 0 Å². The van der Waals surface area contributed by atoms with E-state index in [4.69, 9.17) is 0 Å². The summed E-state index contributed by atoms with van der Waals surface area (Å²) in [6.45, 7) is 4.61. The zero-order valence-electron chi connectivity index (χ0n) is 7.80. The van der Waals surface area contributed by atoms with Gasteiger partial charge in [0.25, 0.3) is 0 Å². The molecule has 2 rings (SSSR count). The molecule has 0 bridgehead atoms. The van der Waals surface area contributed by atoms with Crippen LogP contribution in [0.25, 0.3) is 0 Å². The molecule has 66 valence electrons. The molecule has 0 aromatic carbocycles. The van der Waals surface area contributed by atoms with Crippen LogP contribution in [0.4, 0.5) is 0 Å². The van der Waals surface area contributed by atoms with Crippen molar-refractivity contribution in [3.05, 3.63) is 17.5 Å². The summed E-state index contributed by atoms with van der Waals surface area (Å²) in [4.78, 5) is 0. The number of aryl methyl sites for hydroxylation is 1. The smallest absolute Gasteiger partial charge is 0.0524 e. The van der Waals surface area contributed by atoms with E-state index in [-0.39, 0.29) is 0 Å². The van der Waals surface area contributed by atoms with Crippen molar-refractivity contribution >= 4 is 0 Å². The van der Waals surface area contributed by atoms with Crippen LogP contribution < -0.4 is 0 Å². The van der Waals surface area contributed by atoms with Crippen LogP contribution in [0.15, 0.2) is 6.20 Å². The first-order chi connectivity index (χ1) is 5.83. The van der Waals surface area contributed by atoms with Crippen LogP contribution in [-0.2, 0) is 6.42 Å². The van der Waals surface area contributed by atoms with E-state index in [1.807, 2.05) is 6.20 Å². The minimum absolute atomic E-state index is 0.706. The number of hydrogen-bond acceptors (Lipinski definition) is 1. The zero-order chi connectivity index (χ0) is 8.55. The molecule has 0 radical (unpaired) electrons. The molecule has 0 fully saturated rings. The summed E-state index contributed by atoms with van der Waals surface area (Å²) in [5.41, 5.74) is 2.82. The fraction of sp³-hybridized carbons (Fsp3) is 0.700. The molecular weight excluding hydrogens is 148 g/mol. The standard InChI is InChI=1S/C10H16N2/c1-3-8-4-5-10-9(7(8)2)6-11-12-10/h6-8H,3-5H2,1-2H3,(H,11,12). The van der Waals surface area contributed by atoms with Crippen molar-refractivity contribution in [1.29, 1.82) is 0 Å². The third-order valence-corrected chi connectivity index (χ3v) is 3.24. The lowest BCUT2D eigenvalue weighted by Crippen LogP contribution is -2.16. The molecule has 2 heteroatoms. The largest absolute Gasteiger partial charge is 0.282 e. The minimum Gasteiger partial charge on any atom is -0.282 e. The van der Waals surface area contributed by atoms with Crippen LogP contribution in [0.3, 0.4) is 0 Å². The summed E-state index contributed by atoms with van der Waals surface area (Å²) in [5, 5.41) is 7.18. The summed E-state index contributed by atoms with van der Waals surface area (Å²) in [7, 11) is 0. The molecule has 1 heterocycles. The molecule has 0 amide bonds. The highest BCUT2D eigenvalue weighted by molar-refractivity contribution is 5.24. The molecule has 1 aliphatic carbocycles. The highest BCUT2D eigenvalue weighted by Crippen LogP contribution is 2.36. The van der Waals surface area contributed by atoms with Gasteiger partial charge < -0.3 is 0 Å². The lowest BCUT2D eigenvalue weighted by atomic mass is 9.78. The first-order valence-electron chi connectivity index (χ1n) is 4.85. The first kappa shape index (κ1) is 7.84. The maximum Gasteiger partial charge on any atom is 0.0524 e. The van der Waals surface area contributed by atoms with Crippen molar-refractivity contribution in [1.82, 2.24) is 10.2 Å². The van der Waals surface area contributed by atoms with Crippen molar-refractivity contribution in [2.24, 2.45) is 5.92 Å². The summed E-state index contributed by atoms with van der Waals surface area (Å²) >= 11 is 0. The molecule has 1 aliphatic rings. The quantitative estimate of drug-likeness (QED) is 0.678. The number of rotatable bonds is 1. The van der Waals surface area contributed by atoms with Gasteiger partial charge in [0.2, 0.25) is 0 Å². The molecule has 1 N–H and O–H groups in total. The van der Waals surface area contributed by atoms with E-state index in [0.29, 0.717) is 5.92 Å². The van der Waals surface area contributed by atoms with Crippen molar-refractivity contribution in [2.75, 3.05) is 0 Å². The summed E-state index contributed by atoms with van der Waals surface area (Å²) in [6, 6.07) is 0. The monoisotopic (exact) mass is 164 g/mol. The zero-order valence-corrected chi connectivity index (χ0v) is 7.80. The Morgan fingerprint density at radius 1 is 1.67 bits per heavy atom. The Hall–Kier alpha value is -0.790. The minimum atomic E-state index is 0.706. The van der Waals surface area contributed by atoms with E-state index in [1.54, 1.807) is 0 Å². The molecular formula is C10H16N2. The molecule has 0 aliphatic heterocycles. The second-order valence-corrected chi connectivity index (χ2v) is 3.80. The molecule has 12 heavy (non-hydrogen) atoms. The van der Waals surface area contributed by atoms with Gasteiger partial charge in [0, 0.05) is 5.69 Å². The average molecular weight is 164 g/mol. The fourth-order valence-corrected chi connectivity index (χ4v) is 2.31. The first-order valence-corrected chi connectivity index (χ1v) is 4.85. The highest BCUT2D eigenvalue weighted by Gasteiger charge is 2.25. The van der Waals surface area contributed by atoms with Crippen LogP contribution in [0, 0.1) is 5.92 Å². The number of nitrogens with one attached hydrogen (secondary N) is 1. The Balaban J connectivity index is 2.29. The Labute approximate surface area is 73.4 Å². The molecule has 2 atom stereocenters. The van der Waals surface area contributed by atoms with Gasteiger partial charge in [0.15, 0.2) is 0 Å². The maximum atomic E-state index is 4.10. The summed E-state index contributed by atoms with van der Waals surface area (Å²) in [5.74, 6) is 1.58. The van der Waals surface area contributed by atoms with Crippen molar-refractivity contribution in [3.8, 4) is 0 Å². The topological polar surface area (TPSA) is 28.7 Å². The van der Waals surface area contributed by atoms with Crippen molar-refractivity contribution in [2.45, 2.75) is 39.0 Å². The fourth-order valence-electron chi connectivity index (χ4n) is 2.31. The second-order valence-electron chi connectivity index (χ2n) is 3.80. The Bertz CT molecular complexity index is 265. The van der Waals surface area contributed by atoms with Gasteiger partial charge in [-0.1, -0.05) is 20.3 Å². The van der Waals surface area contributed by atoms with Crippen LogP contribution in [-0.4, -0.2) is 10.2 Å². The van der Waals surface area contributed by atoms with Gasteiger partial charge >= 0.3 is 0 Å². The predicted molar refractivity (Wildman–Crippen MR) is 49.1 cm³/mol. The van der Waals surface area contributed by atoms with Crippen LogP contribution in [0.5, 0.6) is 0 Å². The van der Waals surface area contributed by atoms with Gasteiger partial charge in [-0.25, -0.2) is 0 Å². The number of hydrogen-bond donors (Lipinski definition) is 1. The van der Waals surface area contributed by atoms with E-state index in [9.17, 15) is 0 Å². The number of fused-ring (bicyclic) bond motifs is 1. The second kappa shape index (κ2) is 2.92. The normalized spacial score (nSPS) is 28.5. The van der Waals surface area contributed by atoms with Crippen LogP contribution in [0.2, 0.25) is 0 Å². The Kier molecular flexibility index (Phi) is 1.91. The van der Waals surface area contributed by atoms with E-state index in [0.717, 1.165) is 5.92 Å². The van der Waals surface area contributed by atoms with Crippen LogP contribution in [0.1, 0.15) is 43.9 Å². The molecule has 2 unspecified atom stereocenters. The predicted octanol–water partition coefficient (Wildman–Crippen LogP) is 2.49. The lowest BCUT2D eigenvalue weighted by Gasteiger charge is -2.27. The number of H-pyrrole nitrogens is 1. The van der Waals surface area contributed by atoms with Gasteiger partial charge in [-0.3, -0.25) is 5.10 Å². The van der Waals surface area contributed by atoms with E-state index >= 15 is 0 Å². The van der Waals surface area contributed by atoms with Gasteiger partial charge in [0.1, 0.15) is 0 Å². The summed E-state index contributed by atoms with van der Waals surface area (Å²) in [6.07, 6.45) is 5.82. The number of nitrogens with zero attached hydrogens (tertiary/aromatic N) is 1. The van der Waals surface area contributed by atoms with Crippen LogP contribution >= 0.6 is 0 Å². The van der Waals surface area contributed by atoms with E-state index in [1.165, 1.54) is 30.5 Å². The Morgan fingerprint density at radius 3 is 3.25 bits per heavy atom. The average Bonchev–Trinajstić information content (AvgIpc) is 2.53. The maximum absolute atomic E-state index is 4.10. The van der Waals surface area contributed by atoms with Crippen molar-refractivity contribution in [3.63, 3.8) is 0 Å². The summed E-state index contributed by atoms with van der Waals surface area (Å²) < 4.78 is 0. The van der Waals surface area contributed by atoms with Gasteiger partial charge in [-0.15, -0.1) is 0 Å². The molecule has 0 saturated carbocycles. The van der Waals surface area contributed by atoms with Gasteiger partial charge in [0.05, 0.1) is 6.20 Å². The lowest BCUT2D eigenvalue weighted by molar-refractivity contribution is 0.378. The van der Waals surface area contributed by atoms with Gasteiger partial charge in [-0.2, -0.15) is 5.10 Å². The van der Waals surface area contributed by atoms with E-state index in [2.05, 4.69) is 24.0 Å². The molecule has 0 saturated heterocycles. The SMILES string of the molecule is CCC1CCc2[nH]ncc2C1C. The van der Waals surface area contributed by atoms with Gasteiger partial charge in [-0.05, 0) is 30.2 Å². The third kappa shape index (κ3) is 1.06. The molecule has 2 nitrogen and oxygen atoms in total.